The number of hydrogen-bond acceptors (Lipinski definition) is 6. The number of rotatable bonds is 3. The second-order valence-corrected chi connectivity index (χ2v) is 14.5. The van der Waals surface area contributed by atoms with E-state index in [1.54, 1.807) is 7.11 Å². The van der Waals surface area contributed by atoms with Gasteiger partial charge in [0.25, 0.3) is 0 Å². The van der Waals surface area contributed by atoms with Crippen molar-refractivity contribution in [2.45, 2.75) is 102 Å². The zero-order valence-electron chi connectivity index (χ0n) is 24.9. The largest absolute Gasteiger partial charge is 0.497 e. The Hall–Kier alpha value is -1.44. The summed E-state index contributed by atoms with van der Waals surface area (Å²) >= 11 is 0. The van der Waals surface area contributed by atoms with Crippen molar-refractivity contribution in [1.82, 2.24) is 0 Å². The number of methoxy groups -OCH3 is 1. The third kappa shape index (κ3) is 4.07. The normalized spacial score (nSPS) is 48.3. The Kier molecular flexibility index (Phi) is 6.71. The molecular formula is C34H48O6. The lowest BCUT2D eigenvalue weighted by Gasteiger charge is -2.62. The second-order valence-electron chi connectivity index (χ2n) is 14.5. The van der Waals surface area contributed by atoms with E-state index >= 15 is 0 Å². The molecule has 3 heterocycles. The van der Waals surface area contributed by atoms with Gasteiger partial charge < -0.3 is 18.9 Å². The fourth-order valence-corrected chi connectivity index (χ4v) is 9.82. The minimum atomic E-state index is -0.641. The average Bonchev–Trinajstić information content (AvgIpc) is 3.27. The third-order valence-corrected chi connectivity index (χ3v) is 12.6. The minimum absolute atomic E-state index is 0.0724. The van der Waals surface area contributed by atoms with E-state index in [0.717, 1.165) is 55.8 Å². The first kappa shape index (κ1) is 27.4. The van der Waals surface area contributed by atoms with Gasteiger partial charge in [-0.1, -0.05) is 39.5 Å². The fraction of sp³-hybridized carbons (Fsp3) is 0.765. The molecule has 3 saturated heterocycles. The first-order chi connectivity index (χ1) is 19.2. The van der Waals surface area contributed by atoms with Crippen LogP contribution < -0.4 is 4.74 Å². The van der Waals surface area contributed by atoms with E-state index in [4.69, 9.17) is 28.7 Å². The lowest BCUT2D eigenvalue weighted by atomic mass is 9.45. The maximum absolute atomic E-state index is 6.77. The molecular weight excluding hydrogens is 504 g/mol. The molecule has 0 aromatic heterocycles. The van der Waals surface area contributed by atoms with Gasteiger partial charge >= 0.3 is 0 Å². The van der Waals surface area contributed by atoms with Gasteiger partial charge in [-0.2, -0.15) is 0 Å². The number of benzene rings is 1. The summed E-state index contributed by atoms with van der Waals surface area (Å²) in [6, 6.07) is 7.90. The third-order valence-electron chi connectivity index (χ3n) is 12.6. The SMILES string of the molecule is C=C(c1ccc(OC)cc1)C1COC2(CC[C@@]3(C)C(CC[C@@H]4[C@@H]3CC[C@@]3(C)[C@H]4OCC34CC[C@@H](C)CO4)C2)OO1. The van der Waals surface area contributed by atoms with Gasteiger partial charge in [-0.15, -0.1) is 0 Å². The van der Waals surface area contributed by atoms with Crippen molar-refractivity contribution in [2.24, 2.45) is 34.5 Å². The Labute approximate surface area is 240 Å². The molecule has 40 heavy (non-hydrogen) atoms. The highest BCUT2D eigenvalue weighted by Crippen LogP contribution is 2.67. The molecule has 2 spiro atoms. The topological polar surface area (TPSA) is 55.4 Å². The molecule has 6 nitrogen and oxygen atoms in total. The van der Waals surface area contributed by atoms with E-state index in [9.17, 15) is 0 Å². The molecule has 4 unspecified atom stereocenters. The van der Waals surface area contributed by atoms with Crippen LogP contribution in [0.15, 0.2) is 30.8 Å². The molecule has 0 amide bonds. The predicted octanol–water partition coefficient (Wildman–Crippen LogP) is 6.97. The van der Waals surface area contributed by atoms with Crippen molar-refractivity contribution >= 4 is 5.57 Å². The van der Waals surface area contributed by atoms with E-state index in [2.05, 4.69) is 27.4 Å². The van der Waals surface area contributed by atoms with Gasteiger partial charge in [-0.05, 0) is 97.3 Å². The Bertz CT molecular complexity index is 1100. The van der Waals surface area contributed by atoms with Crippen LogP contribution in [0.2, 0.25) is 0 Å². The summed E-state index contributed by atoms with van der Waals surface area (Å²) in [6.45, 7) is 13.8. The molecule has 7 rings (SSSR count). The van der Waals surface area contributed by atoms with Crippen LogP contribution in [0.5, 0.6) is 5.75 Å². The maximum Gasteiger partial charge on any atom is 0.202 e. The van der Waals surface area contributed by atoms with Gasteiger partial charge in [0.2, 0.25) is 5.79 Å². The second kappa shape index (κ2) is 9.80. The highest BCUT2D eigenvalue weighted by Gasteiger charge is 2.68. The van der Waals surface area contributed by atoms with Gasteiger partial charge in [0.1, 0.15) is 11.9 Å². The molecule has 0 bridgehead atoms. The quantitative estimate of drug-likeness (QED) is 0.378. The predicted molar refractivity (Wildman–Crippen MR) is 152 cm³/mol. The van der Waals surface area contributed by atoms with Crippen molar-refractivity contribution in [3.8, 4) is 5.75 Å². The summed E-state index contributed by atoms with van der Waals surface area (Å²) in [5, 5.41) is 0. The Morgan fingerprint density at radius 1 is 0.950 bits per heavy atom. The fourth-order valence-electron chi connectivity index (χ4n) is 9.82. The van der Waals surface area contributed by atoms with Crippen LogP contribution >= 0.6 is 0 Å². The molecule has 220 valence electrons. The number of hydrogen-bond donors (Lipinski definition) is 0. The summed E-state index contributed by atoms with van der Waals surface area (Å²) in [4.78, 5) is 12.2. The first-order valence-electron chi connectivity index (χ1n) is 15.8. The molecule has 6 heteroatoms. The highest BCUT2D eigenvalue weighted by molar-refractivity contribution is 5.67. The first-order valence-corrected chi connectivity index (χ1v) is 15.8. The summed E-state index contributed by atoms with van der Waals surface area (Å²) in [7, 11) is 1.67. The van der Waals surface area contributed by atoms with Gasteiger partial charge in [-0.3, -0.25) is 0 Å². The van der Waals surface area contributed by atoms with E-state index < -0.39 is 5.79 Å². The summed E-state index contributed by atoms with van der Waals surface area (Å²) < 4.78 is 25.3. The lowest BCUT2D eigenvalue weighted by Crippen LogP contribution is -2.62. The summed E-state index contributed by atoms with van der Waals surface area (Å²) in [5.41, 5.74) is 2.23. The van der Waals surface area contributed by atoms with Crippen LogP contribution in [0.3, 0.4) is 0 Å². The van der Waals surface area contributed by atoms with Crippen LogP contribution in [0.1, 0.15) is 84.1 Å². The molecule has 1 aromatic rings. The van der Waals surface area contributed by atoms with Gasteiger partial charge in [0.05, 0.1) is 38.6 Å². The van der Waals surface area contributed by atoms with Crippen LogP contribution in [-0.4, -0.2) is 50.5 Å². The molecule has 6 aliphatic rings. The van der Waals surface area contributed by atoms with Crippen molar-refractivity contribution in [1.29, 1.82) is 0 Å². The smallest absolute Gasteiger partial charge is 0.202 e. The lowest BCUT2D eigenvalue weighted by molar-refractivity contribution is -0.489. The molecule has 1 aromatic carbocycles. The standard InChI is InChI=1S/C34H48O6/c1-22-12-15-33(37-19-22)21-36-30-27-11-8-25-18-34(17-16-31(25,3)28(27)13-14-32(30,33)4)38-20-29(39-40-34)23(2)24-6-9-26(35-5)10-7-24/h6-7,9-10,22,25,27-30H,2,8,11-21H2,1,3-5H3/t22-,25?,27-,28+,29?,30+,31+,32+,33?,34?/m1/s1. The molecule has 10 atom stereocenters. The van der Waals surface area contributed by atoms with E-state index in [1.165, 1.54) is 32.1 Å². The highest BCUT2D eigenvalue weighted by atomic mass is 17.2. The van der Waals surface area contributed by atoms with Gasteiger partial charge in [0.15, 0.2) is 0 Å². The van der Waals surface area contributed by atoms with Gasteiger partial charge in [-0.25, -0.2) is 9.78 Å². The number of fused-ring (bicyclic) bond motifs is 6. The van der Waals surface area contributed by atoms with Crippen molar-refractivity contribution in [3.63, 3.8) is 0 Å². The van der Waals surface area contributed by atoms with Crippen LogP contribution in [0.25, 0.3) is 5.57 Å². The molecule has 6 fully saturated rings. The monoisotopic (exact) mass is 552 g/mol. The summed E-state index contributed by atoms with van der Waals surface area (Å²) in [5.74, 6) is 2.73. The maximum atomic E-state index is 6.77. The zero-order chi connectivity index (χ0) is 27.8. The van der Waals surface area contributed by atoms with Crippen molar-refractivity contribution < 1.29 is 28.7 Å². The van der Waals surface area contributed by atoms with E-state index in [0.29, 0.717) is 36.4 Å². The van der Waals surface area contributed by atoms with Crippen molar-refractivity contribution in [3.05, 3.63) is 36.4 Å². The zero-order valence-corrected chi connectivity index (χ0v) is 24.9. The molecule has 3 aliphatic carbocycles. The summed E-state index contributed by atoms with van der Waals surface area (Å²) in [6.07, 6.45) is 10.2. The molecule has 0 N–H and O–H groups in total. The minimum Gasteiger partial charge on any atom is -0.497 e. The van der Waals surface area contributed by atoms with Crippen LogP contribution in [0, 0.1) is 34.5 Å². The Morgan fingerprint density at radius 3 is 2.48 bits per heavy atom. The molecule has 3 aliphatic heterocycles. The van der Waals surface area contributed by atoms with Crippen molar-refractivity contribution in [2.75, 3.05) is 26.9 Å². The van der Waals surface area contributed by atoms with Crippen LogP contribution in [-0.2, 0) is 24.0 Å². The molecule has 0 radical (unpaired) electrons. The van der Waals surface area contributed by atoms with Crippen LogP contribution in [0.4, 0.5) is 0 Å². The Balaban J connectivity index is 1.01. The van der Waals surface area contributed by atoms with E-state index in [1.807, 2.05) is 24.3 Å². The molecule has 3 saturated carbocycles. The number of ether oxygens (including phenoxy) is 4. The van der Waals surface area contributed by atoms with Gasteiger partial charge in [0, 0.05) is 18.3 Å². The average molecular weight is 553 g/mol. The Morgan fingerprint density at radius 2 is 1.77 bits per heavy atom. The van der Waals surface area contributed by atoms with E-state index in [-0.39, 0.29) is 22.5 Å².